The number of hydrogen-bond donors (Lipinski definition) is 1. The lowest BCUT2D eigenvalue weighted by molar-refractivity contribution is 0.332. The molecule has 0 aliphatic heterocycles. The van der Waals surface area contributed by atoms with E-state index in [9.17, 15) is 8.42 Å². The highest BCUT2D eigenvalue weighted by Gasteiger charge is 2.46. The van der Waals surface area contributed by atoms with Crippen LogP contribution >= 0.6 is 11.3 Å². The van der Waals surface area contributed by atoms with Crippen molar-refractivity contribution in [2.24, 2.45) is 11.1 Å². The Hall–Kier alpha value is -0.390. The fourth-order valence-corrected chi connectivity index (χ4v) is 5.56. The lowest BCUT2D eigenvalue weighted by atomic mass is 9.88. The Labute approximate surface area is 101 Å². The number of nitrogens with two attached hydrogens (primary N) is 1. The van der Waals surface area contributed by atoms with Crippen LogP contribution in [0.4, 0.5) is 0 Å². The summed E-state index contributed by atoms with van der Waals surface area (Å²) in [5, 5.41) is 1.37. The van der Waals surface area contributed by atoms with Crippen LogP contribution in [-0.4, -0.2) is 19.7 Å². The summed E-state index contributed by atoms with van der Waals surface area (Å²) in [5.74, 6) is 0. The molecule has 0 saturated heterocycles. The highest BCUT2D eigenvalue weighted by Crippen LogP contribution is 2.41. The van der Waals surface area contributed by atoms with Gasteiger partial charge >= 0.3 is 0 Å². The zero-order valence-electron chi connectivity index (χ0n) is 9.51. The predicted octanol–water partition coefficient (Wildman–Crippen LogP) is 2.04. The molecule has 1 aliphatic carbocycles. The molecular formula is C11H17NO2S2. The van der Waals surface area contributed by atoms with Crippen molar-refractivity contribution in [3.8, 4) is 0 Å². The van der Waals surface area contributed by atoms with Gasteiger partial charge in [0.1, 0.15) is 4.21 Å². The molecule has 1 fully saturated rings. The van der Waals surface area contributed by atoms with Crippen LogP contribution in [0.1, 0.15) is 26.7 Å². The summed E-state index contributed by atoms with van der Waals surface area (Å²) in [6.07, 6.45) is 1.55. The van der Waals surface area contributed by atoms with Crippen LogP contribution in [0.3, 0.4) is 0 Å². The molecular weight excluding hydrogens is 242 g/mol. The molecule has 0 amide bonds. The van der Waals surface area contributed by atoms with E-state index >= 15 is 0 Å². The number of sulfone groups is 1. The standard InChI is InChI=1S/C11H17NO2S2/c1-11(2)6-5-8(10(11)12)16(13,14)9-4-3-7-15-9/h3-4,7-8,10H,5-6,12H2,1-2H3. The normalized spacial score (nSPS) is 29.4. The molecule has 1 saturated carbocycles. The first-order valence-electron chi connectivity index (χ1n) is 5.39. The van der Waals surface area contributed by atoms with Crippen LogP contribution < -0.4 is 5.73 Å². The summed E-state index contributed by atoms with van der Waals surface area (Å²) in [7, 11) is -3.22. The number of hydrogen-bond acceptors (Lipinski definition) is 4. The predicted molar refractivity (Wildman–Crippen MR) is 66.3 cm³/mol. The van der Waals surface area contributed by atoms with Gasteiger partial charge < -0.3 is 5.73 Å². The molecule has 90 valence electrons. The quantitative estimate of drug-likeness (QED) is 0.884. The van der Waals surface area contributed by atoms with Gasteiger partial charge in [-0.25, -0.2) is 8.42 Å². The van der Waals surface area contributed by atoms with E-state index in [-0.39, 0.29) is 11.5 Å². The molecule has 2 N–H and O–H groups in total. The summed E-state index contributed by atoms with van der Waals surface area (Å²) < 4.78 is 25.1. The molecule has 5 heteroatoms. The van der Waals surface area contributed by atoms with Gasteiger partial charge in [-0.1, -0.05) is 19.9 Å². The second-order valence-corrected chi connectivity index (χ2v) is 8.41. The summed E-state index contributed by atoms with van der Waals surface area (Å²) in [5.41, 5.74) is 6.00. The fraction of sp³-hybridized carbons (Fsp3) is 0.636. The minimum Gasteiger partial charge on any atom is -0.326 e. The van der Waals surface area contributed by atoms with Gasteiger partial charge in [-0.3, -0.25) is 0 Å². The van der Waals surface area contributed by atoms with Crippen LogP contribution in [0.5, 0.6) is 0 Å². The minimum atomic E-state index is -3.22. The molecule has 3 nitrogen and oxygen atoms in total. The Morgan fingerprint density at radius 3 is 2.62 bits per heavy atom. The zero-order valence-corrected chi connectivity index (χ0v) is 11.1. The van der Waals surface area contributed by atoms with Crippen LogP contribution in [0, 0.1) is 5.41 Å². The maximum Gasteiger partial charge on any atom is 0.192 e. The van der Waals surface area contributed by atoms with Gasteiger partial charge in [0, 0.05) is 6.04 Å². The van der Waals surface area contributed by atoms with Crippen LogP contribution in [0.25, 0.3) is 0 Å². The van der Waals surface area contributed by atoms with Crippen molar-refractivity contribution in [1.29, 1.82) is 0 Å². The number of rotatable bonds is 2. The topological polar surface area (TPSA) is 60.2 Å². The van der Waals surface area contributed by atoms with Gasteiger partial charge in [0.25, 0.3) is 0 Å². The van der Waals surface area contributed by atoms with Crippen molar-refractivity contribution in [3.05, 3.63) is 17.5 Å². The summed E-state index contributed by atoms with van der Waals surface area (Å²) in [6.45, 7) is 4.09. The molecule has 2 atom stereocenters. The van der Waals surface area contributed by atoms with E-state index in [0.717, 1.165) is 6.42 Å². The summed E-state index contributed by atoms with van der Waals surface area (Å²) in [4.78, 5) is 0. The van der Waals surface area contributed by atoms with Gasteiger partial charge in [0.15, 0.2) is 9.84 Å². The lowest BCUT2D eigenvalue weighted by Gasteiger charge is -2.26. The second-order valence-electron chi connectivity index (χ2n) is 5.07. The Bertz CT molecular complexity index is 462. The van der Waals surface area contributed by atoms with E-state index in [4.69, 9.17) is 5.73 Å². The van der Waals surface area contributed by atoms with Crippen molar-refractivity contribution in [1.82, 2.24) is 0 Å². The lowest BCUT2D eigenvalue weighted by Crippen LogP contribution is -2.43. The van der Waals surface area contributed by atoms with Crippen LogP contribution in [-0.2, 0) is 9.84 Å². The van der Waals surface area contributed by atoms with Crippen molar-refractivity contribution < 1.29 is 8.42 Å². The van der Waals surface area contributed by atoms with Crippen molar-refractivity contribution in [2.45, 2.75) is 42.2 Å². The maximum atomic E-state index is 12.3. The van der Waals surface area contributed by atoms with Crippen molar-refractivity contribution >= 4 is 21.2 Å². The van der Waals surface area contributed by atoms with Gasteiger partial charge in [0.2, 0.25) is 0 Å². The molecule has 2 unspecified atom stereocenters. The Morgan fingerprint density at radius 1 is 1.50 bits per heavy atom. The average molecular weight is 259 g/mol. The zero-order chi connectivity index (χ0) is 12.0. The molecule has 16 heavy (non-hydrogen) atoms. The minimum absolute atomic E-state index is 0.0744. The summed E-state index contributed by atoms with van der Waals surface area (Å²) in [6, 6.07) is 3.17. The first-order chi connectivity index (χ1) is 7.36. The van der Waals surface area contributed by atoms with Gasteiger partial charge in [-0.15, -0.1) is 11.3 Å². The van der Waals surface area contributed by atoms with Gasteiger partial charge in [0.05, 0.1) is 5.25 Å². The second kappa shape index (κ2) is 3.82. The van der Waals surface area contributed by atoms with E-state index in [1.165, 1.54) is 11.3 Å². The Morgan fingerprint density at radius 2 is 2.19 bits per heavy atom. The van der Waals surface area contributed by atoms with Gasteiger partial charge in [-0.05, 0) is 29.7 Å². The van der Waals surface area contributed by atoms with Crippen molar-refractivity contribution in [2.75, 3.05) is 0 Å². The third kappa shape index (κ3) is 1.81. The monoisotopic (exact) mass is 259 g/mol. The molecule has 0 radical (unpaired) electrons. The molecule has 1 aromatic rings. The largest absolute Gasteiger partial charge is 0.326 e. The molecule has 1 aromatic heterocycles. The third-order valence-corrected chi connectivity index (χ3v) is 7.22. The molecule has 2 rings (SSSR count). The number of thiophene rings is 1. The average Bonchev–Trinajstić information content (AvgIpc) is 2.76. The van der Waals surface area contributed by atoms with Crippen LogP contribution in [0.15, 0.2) is 21.7 Å². The first-order valence-corrected chi connectivity index (χ1v) is 7.81. The highest BCUT2D eigenvalue weighted by molar-refractivity contribution is 7.94. The van der Waals surface area contributed by atoms with E-state index in [1.807, 2.05) is 13.8 Å². The SMILES string of the molecule is CC1(C)CCC(S(=O)(=O)c2cccs2)C1N. The fourth-order valence-electron chi connectivity index (χ4n) is 2.29. The Kier molecular flexibility index (Phi) is 2.88. The molecule has 1 heterocycles. The first kappa shape index (κ1) is 12.1. The smallest absolute Gasteiger partial charge is 0.192 e. The highest BCUT2D eigenvalue weighted by atomic mass is 32.2. The van der Waals surface area contributed by atoms with E-state index in [2.05, 4.69) is 0 Å². The van der Waals surface area contributed by atoms with Crippen molar-refractivity contribution in [3.63, 3.8) is 0 Å². The maximum absolute atomic E-state index is 12.3. The third-order valence-electron chi connectivity index (χ3n) is 3.55. The molecule has 1 aliphatic rings. The Balaban J connectivity index is 2.34. The molecule has 0 bridgehead atoms. The molecule has 0 aromatic carbocycles. The summed E-state index contributed by atoms with van der Waals surface area (Å²) >= 11 is 1.28. The van der Waals surface area contributed by atoms with Gasteiger partial charge in [-0.2, -0.15) is 0 Å². The van der Waals surface area contributed by atoms with E-state index < -0.39 is 15.1 Å². The van der Waals surface area contributed by atoms with E-state index in [0.29, 0.717) is 10.6 Å². The van der Waals surface area contributed by atoms with Crippen LogP contribution in [0.2, 0.25) is 0 Å². The van der Waals surface area contributed by atoms with E-state index in [1.54, 1.807) is 17.5 Å². The molecule has 0 spiro atoms.